The van der Waals surface area contributed by atoms with E-state index in [4.69, 9.17) is 34.8 Å². The first-order valence-corrected chi connectivity index (χ1v) is 13.5. The lowest BCUT2D eigenvalue weighted by Gasteiger charge is -2.32. The van der Waals surface area contributed by atoms with Crippen molar-refractivity contribution in [3.63, 3.8) is 0 Å². The van der Waals surface area contributed by atoms with E-state index in [1.807, 2.05) is 0 Å². The summed E-state index contributed by atoms with van der Waals surface area (Å²) < 4.78 is 41.9. The van der Waals surface area contributed by atoms with Gasteiger partial charge in [-0.25, -0.2) is 12.8 Å². The summed E-state index contributed by atoms with van der Waals surface area (Å²) in [6, 6.07) is 14.6. The molecule has 0 fully saturated rings. The molecule has 0 bridgehead atoms. The molecule has 12 heteroatoms. The van der Waals surface area contributed by atoms with Crippen molar-refractivity contribution in [2.45, 2.75) is 24.4 Å². The highest BCUT2D eigenvalue weighted by Gasteiger charge is 2.32. The second kappa shape index (κ2) is 12.1. The first kappa shape index (κ1) is 28.7. The minimum absolute atomic E-state index is 0.0225. The Labute approximate surface area is 229 Å². The molecule has 0 aromatic heterocycles. The molecule has 0 aliphatic rings. The molecule has 0 saturated carbocycles. The quantitative estimate of drug-likeness (QED) is 0.376. The standard InChI is InChI=1S/C25H23Cl3FN3O4S/c1-16(25(34)30-2)31(14-17-8-10-20(26)21(27)12-17)24(33)15-32(18-9-11-23(29)22(28)13-18)37(35,36)19-6-4-3-5-7-19/h3-13,16H,14-15H2,1-2H3,(H,30,34). The van der Waals surface area contributed by atoms with Gasteiger partial charge in [-0.3, -0.25) is 13.9 Å². The molecule has 3 rings (SSSR count). The van der Waals surface area contributed by atoms with Crippen LogP contribution in [0.1, 0.15) is 12.5 Å². The number of rotatable bonds is 9. The van der Waals surface area contributed by atoms with Crippen LogP contribution in [-0.2, 0) is 26.2 Å². The predicted molar refractivity (Wildman–Crippen MR) is 143 cm³/mol. The molecule has 37 heavy (non-hydrogen) atoms. The molecule has 1 unspecified atom stereocenters. The van der Waals surface area contributed by atoms with Gasteiger partial charge in [-0.2, -0.15) is 0 Å². The number of likely N-dealkylation sites (N-methyl/N-ethyl adjacent to an activating group) is 1. The fraction of sp³-hybridized carbons (Fsp3) is 0.200. The van der Waals surface area contributed by atoms with Crippen molar-refractivity contribution in [1.82, 2.24) is 10.2 Å². The molecular weight excluding hydrogens is 564 g/mol. The van der Waals surface area contributed by atoms with Gasteiger partial charge in [0, 0.05) is 13.6 Å². The average Bonchev–Trinajstić information content (AvgIpc) is 2.89. The Kier molecular flexibility index (Phi) is 9.41. The van der Waals surface area contributed by atoms with E-state index in [2.05, 4.69) is 5.32 Å². The van der Waals surface area contributed by atoms with Gasteiger partial charge in [0.25, 0.3) is 10.0 Å². The number of benzene rings is 3. The topological polar surface area (TPSA) is 86.8 Å². The lowest BCUT2D eigenvalue weighted by Crippen LogP contribution is -2.50. The third-order valence-electron chi connectivity index (χ3n) is 5.55. The zero-order chi connectivity index (χ0) is 27.3. The number of amides is 2. The van der Waals surface area contributed by atoms with E-state index >= 15 is 0 Å². The Morgan fingerprint density at radius 1 is 0.946 bits per heavy atom. The third-order valence-corrected chi connectivity index (χ3v) is 8.37. The molecule has 7 nitrogen and oxygen atoms in total. The minimum atomic E-state index is -4.28. The largest absolute Gasteiger partial charge is 0.357 e. The van der Waals surface area contributed by atoms with Crippen LogP contribution in [0.5, 0.6) is 0 Å². The highest BCUT2D eigenvalue weighted by Crippen LogP contribution is 2.29. The van der Waals surface area contributed by atoms with Crippen LogP contribution in [0.15, 0.2) is 71.6 Å². The molecule has 0 spiro atoms. The van der Waals surface area contributed by atoms with Crippen LogP contribution in [0.3, 0.4) is 0 Å². The summed E-state index contributed by atoms with van der Waals surface area (Å²) >= 11 is 18.0. The molecule has 0 saturated heterocycles. The number of anilines is 1. The van der Waals surface area contributed by atoms with Crippen molar-refractivity contribution < 1.29 is 22.4 Å². The number of halogens is 4. The fourth-order valence-electron chi connectivity index (χ4n) is 3.51. The molecule has 0 aliphatic heterocycles. The van der Waals surface area contributed by atoms with Gasteiger partial charge in [-0.05, 0) is 55.0 Å². The molecule has 1 N–H and O–H groups in total. The Balaban J connectivity index is 2.05. The fourth-order valence-corrected chi connectivity index (χ4v) is 5.44. The minimum Gasteiger partial charge on any atom is -0.357 e. The zero-order valence-electron chi connectivity index (χ0n) is 19.8. The van der Waals surface area contributed by atoms with Crippen molar-refractivity contribution in [2.75, 3.05) is 17.9 Å². The Morgan fingerprint density at radius 2 is 1.62 bits per heavy atom. The predicted octanol–water partition coefficient (Wildman–Crippen LogP) is 5.14. The van der Waals surface area contributed by atoms with Crippen LogP contribution in [0.25, 0.3) is 0 Å². The van der Waals surface area contributed by atoms with Gasteiger partial charge in [0.1, 0.15) is 18.4 Å². The Bertz CT molecular complexity index is 1410. The number of nitrogens with one attached hydrogen (secondary N) is 1. The van der Waals surface area contributed by atoms with Crippen molar-refractivity contribution >= 4 is 62.3 Å². The summed E-state index contributed by atoms with van der Waals surface area (Å²) in [6.07, 6.45) is 0. The first-order valence-electron chi connectivity index (χ1n) is 10.9. The second-order valence-electron chi connectivity index (χ2n) is 7.98. The lowest BCUT2D eigenvalue weighted by atomic mass is 10.1. The molecule has 0 heterocycles. The van der Waals surface area contributed by atoms with Crippen LogP contribution in [0.4, 0.5) is 10.1 Å². The van der Waals surface area contributed by atoms with E-state index in [1.165, 1.54) is 49.2 Å². The van der Waals surface area contributed by atoms with E-state index in [9.17, 15) is 22.4 Å². The van der Waals surface area contributed by atoms with Crippen molar-refractivity contribution in [1.29, 1.82) is 0 Å². The van der Waals surface area contributed by atoms with Gasteiger partial charge < -0.3 is 10.2 Å². The van der Waals surface area contributed by atoms with Gasteiger partial charge in [0.15, 0.2) is 0 Å². The number of carbonyl (C=O) groups excluding carboxylic acids is 2. The summed E-state index contributed by atoms with van der Waals surface area (Å²) in [7, 11) is -2.86. The summed E-state index contributed by atoms with van der Waals surface area (Å²) in [5.41, 5.74) is 0.548. The number of sulfonamides is 1. The average molecular weight is 587 g/mol. The van der Waals surface area contributed by atoms with Crippen LogP contribution < -0.4 is 9.62 Å². The van der Waals surface area contributed by atoms with Gasteiger partial charge in [-0.15, -0.1) is 0 Å². The van der Waals surface area contributed by atoms with E-state index in [0.717, 1.165) is 16.4 Å². The van der Waals surface area contributed by atoms with E-state index < -0.39 is 40.2 Å². The van der Waals surface area contributed by atoms with Crippen LogP contribution in [0, 0.1) is 5.82 Å². The van der Waals surface area contributed by atoms with E-state index in [-0.39, 0.29) is 27.2 Å². The smallest absolute Gasteiger partial charge is 0.264 e. The molecule has 3 aromatic carbocycles. The first-order chi connectivity index (χ1) is 17.4. The van der Waals surface area contributed by atoms with Crippen molar-refractivity contribution in [2.24, 2.45) is 0 Å². The van der Waals surface area contributed by atoms with Gasteiger partial charge in [0.05, 0.1) is 25.7 Å². The van der Waals surface area contributed by atoms with Gasteiger partial charge in [0.2, 0.25) is 11.8 Å². The SMILES string of the molecule is CNC(=O)C(C)N(Cc1ccc(Cl)c(Cl)c1)C(=O)CN(c1ccc(F)c(Cl)c1)S(=O)(=O)c1ccccc1. The van der Waals surface area contributed by atoms with Crippen LogP contribution in [0.2, 0.25) is 15.1 Å². The van der Waals surface area contributed by atoms with Gasteiger partial charge in [-0.1, -0.05) is 59.1 Å². The maximum Gasteiger partial charge on any atom is 0.264 e. The molecule has 2 amide bonds. The maximum atomic E-state index is 13.9. The van der Waals surface area contributed by atoms with Gasteiger partial charge >= 0.3 is 0 Å². The summed E-state index contributed by atoms with van der Waals surface area (Å²) in [6.45, 7) is 0.759. The third kappa shape index (κ3) is 6.73. The zero-order valence-corrected chi connectivity index (χ0v) is 22.9. The summed E-state index contributed by atoms with van der Waals surface area (Å²) in [5, 5.41) is 2.75. The molecule has 3 aromatic rings. The highest BCUT2D eigenvalue weighted by atomic mass is 35.5. The molecule has 0 aliphatic carbocycles. The van der Waals surface area contributed by atoms with E-state index in [0.29, 0.717) is 10.6 Å². The lowest BCUT2D eigenvalue weighted by molar-refractivity contribution is -0.139. The Morgan fingerprint density at radius 3 is 2.22 bits per heavy atom. The van der Waals surface area contributed by atoms with Crippen molar-refractivity contribution in [3.05, 3.63) is 93.2 Å². The molecule has 0 radical (unpaired) electrons. The number of hydrogen-bond donors (Lipinski definition) is 1. The molecular formula is C25H23Cl3FN3O4S. The highest BCUT2D eigenvalue weighted by molar-refractivity contribution is 7.92. The number of carbonyl (C=O) groups is 2. The number of hydrogen-bond acceptors (Lipinski definition) is 4. The van der Waals surface area contributed by atoms with Crippen molar-refractivity contribution in [3.8, 4) is 0 Å². The second-order valence-corrected chi connectivity index (χ2v) is 11.1. The molecule has 196 valence electrons. The monoisotopic (exact) mass is 585 g/mol. The normalized spacial score (nSPS) is 12.1. The van der Waals surface area contributed by atoms with Crippen LogP contribution in [-0.4, -0.2) is 44.8 Å². The number of nitrogens with zero attached hydrogens (tertiary/aromatic N) is 2. The summed E-state index contributed by atoms with van der Waals surface area (Å²) in [5.74, 6) is -1.90. The summed E-state index contributed by atoms with van der Waals surface area (Å²) in [4.78, 5) is 27.3. The molecule has 1 atom stereocenters. The van der Waals surface area contributed by atoms with Crippen LogP contribution >= 0.6 is 34.8 Å². The maximum absolute atomic E-state index is 13.9. The van der Waals surface area contributed by atoms with E-state index in [1.54, 1.807) is 24.3 Å². The Hall–Kier alpha value is -2.85.